The molecule has 0 aromatic heterocycles. The number of isothiocyanates is 1. The summed E-state index contributed by atoms with van der Waals surface area (Å²) in [5.41, 5.74) is -0.387. The minimum absolute atomic E-state index is 0.506. The minimum atomic E-state index is -1.65. The highest BCUT2D eigenvalue weighted by Gasteiger charge is 2.29. The van der Waals surface area contributed by atoms with Gasteiger partial charge in [0.1, 0.15) is 5.56 Å². The highest BCUT2D eigenvalue weighted by atomic mass is 32.1. The highest BCUT2D eigenvalue weighted by Crippen LogP contribution is 2.43. The van der Waals surface area contributed by atoms with Crippen LogP contribution in [0.3, 0.4) is 0 Å². The molecule has 31 heavy (non-hydrogen) atoms. The van der Waals surface area contributed by atoms with Gasteiger partial charge in [-0.1, -0.05) is 36.8 Å². The van der Waals surface area contributed by atoms with Gasteiger partial charge in [-0.3, -0.25) is 0 Å². The molecule has 1 nitrogen and oxygen atoms in total. The van der Waals surface area contributed by atoms with Crippen LogP contribution < -0.4 is 0 Å². The summed E-state index contributed by atoms with van der Waals surface area (Å²) in [6, 6.07) is 7.49. The largest absolute Gasteiger partial charge is 0.202 e. The van der Waals surface area contributed by atoms with Crippen LogP contribution in [0.1, 0.15) is 67.6 Å². The molecule has 2 aromatic carbocycles. The molecule has 4 rings (SSSR count). The quantitative estimate of drug-likeness (QED) is 0.157. The molecule has 0 spiro atoms. The molecule has 0 aliphatic heterocycles. The Bertz CT molecular complexity index is 1050. The molecular weight excluding hydrogens is 422 g/mol. The normalized spacial score (nSPS) is 20.5. The molecule has 0 heterocycles. The Morgan fingerprint density at radius 3 is 1.84 bits per heavy atom. The molecule has 0 amide bonds. The van der Waals surface area contributed by atoms with Gasteiger partial charge >= 0.3 is 0 Å². The van der Waals surface area contributed by atoms with Crippen LogP contribution in [-0.2, 0) is 0 Å². The summed E-state index contributed by atoms with van der Waals surface area (Å²) in [5, 5.41) is 1.70. The zero-order chi connectivity index (χ0) is 22.0. The van der Waals surface area contributed by atoms with Crippen molar-refractivity contribution in [1.82, 2.24) is 0 Å². The Labute approximate surface area is 184 Å². The molecule has 0 bridgehead atoms. The fourth-order valence-electron chi connectivity index (χ4n) is 4.40. The molecule has 6 heteroatoms. The first-order valence-corrected chi connectivity index (χ1v) is 10.9. The van der Waals surface area contributed by atoms with E-state index in [1.807, 2.05) is 12.1 Å². The Balaban J connectivity index is 1.47. The molecular formula is C25H21F4NS. The van der Waals surface area contributed by atoms with Gasteiger partial charge in [0, 0.05) is 5.56 Å². The van der Waals surface area contributed by atoms with Crippen LogP contribution in [0.2, 0.25) is 0 Å². The van der Waals surface area contributed by atoms with E-state index >= 15 is 0 Å². The van der Waals surface area contributed by atoms with E-state index < -0.39 is 34.5 Å². The summed E-state index contributed by atoms with van der Waals surface area (Å²) in [5.74, 6) is 0.651. The van der Waals surface area contributed by atoms with Crippen molar-refractivity contribution in [2.24, 2.45) is 16.8 Å². The van der Waals surface area contributed by atoms with Gasteiger partial charge in [-0.25, -0.2) is 17.6 Å². The minimum Gasteiger partial charge on any atom is -0.202 e. The molecule has 2 saturated carbocycles. The number of halogens is 4. The van der Waals surface area contributed by atoms with Crippen LogP contribution in [0.5, 0.6) is 0 Å². The average molecular weight is 444 g/mol. The first kappa shape index (κ1) is 21.7. The molecule has 0 atom stereocenters. The third-order valence-electron chi connectivity index (χ3n) is 6.32. The third-order valence-corrected chi connectivity index (χ3v) is 6.41. The fourth-order valence-corrected chi connectivity index (χ4v) is 4.49. The topological polar surface area (TPSA) is 12.4 Å². The summed E-state index contributed by atoms with van der Waals surface area (Å²) in [6.45, 7) is 0. The summed E-state index contributed by atoms with van der Waals surface area (Å²) >= 11 is 4.25. The van der Waals surface area contributed by atoms with Crippen molar-refractivity contribution in [1.29, 1.82) is 0 Å². The van der Waals surface area contributed by atoms with Crippen LogP contribution in [-0.4, -0.2) is 5.16 Å². The maximum atomic E-state index is 14.1. The number of aliphatic imine (C=N–C) groups is 1. The Kier molecular flexibility index (Phi) is 6.55. The van der Waals surface area contributed by atoms with Crippen LogP contribution in [0.4, 0.5) is 23.2 Å². The number of thiocarbonyl (C=S) groups is 1. The van der Waals surface area contributed by atoms with E-state index in [0.29, 0.717) is 11.5 Å². The SMILES string of the molecule is Fc1c(F)c(N=C=S)c(F)c(F)c1C#Cc1ccc(C2CCC(CC3CC3)CC2)cc1. The van der Waals surface area contributed by atoms with Crippen molar-refractivity contribution in [2.75, 3.05) is 0 Å². The smallest absolute Gasteiger partial charge is 0.189 e. The van der Waals surface area contributed by atoms with Crippen LogP contribution in [0, 0.1) is 46.9 Å². The summed E-state index contributed by atoms with van der Waals surface area (Å²) in [7, 11) is 0. The molecule has 0 radical (unpaired) electrons. The molecule has 0 unspecified atom stereocenters. The number of rotatable bonds is 4. The molecule has 2 aliphatic rings. The third kappa shape index (κ3) is 4.89. The van der Waals surface area contributed by atoms with E-state index in [4.69, 9.17) is 0 Å². The van der Waals surface area contributed by atoms with Gasteiger partial charge in [-0.2, -0.15) is 4.99 Å². The monoisotopic (exact) mass is 443 g/mol. The van der Waals surface area contributed by atoms with Crippen LogP contribution >= 0.6 is 12.2 Å². The van der Waals surface area contributed by atoms with E-state index in [1.54, 1.807) is 17.3 Å². The second-order valence-corrected chi connectivity index (χ2v) is 8.63. The van der Waals surface area contributed by atoms with Gasteiger partial charge in [0.15, 0.2) is 29.0 Å². The van der Waals surface area contributed by atoms with Crippen molar-refractivity contribution in [3.05, 3.63) is 64.2 Å². The molecule has 0 N–H and O–H groups in total. The van der Waals surface area contributed by atoms with Crippen molar-refractivity contribution in [3.63, 3.8) is 0 Å². The van der Waals surface area contributed by atoms with Gasteiger partial charge < -0.3 is 0 Å². The van der Waals surface area contributed by atoms with Gasteiger partial charge in [-0.05, 0) is 79.8 Å². The van der Waals surface area contributed by atoms with Crippen LogP contribution in [0.25, 0.3) is 0 Å². The number of hydrogen-bond acceptors (Lipinski definition) is 2. The first-order valence-electron chi connectivity index (χ1n) is 10.5. The van der Waals surface area contributed by atoms with Crippen molar-refractivity contribution < 1.29 is 17.6 Å². The Morgan fingerprint density at radius 1 is 0.774 bits per heavy atom. The lowest BCUT2D eigenvalue weighted by Gasteiger charge is -2.28. The first-order chi connectivity index (χ1) is 15.0. The van der Waals surface area contributed by atoms with E-state index in [0.717, 1.165) is 11.8 Å². The van der Waals surface area contributed by atoms with E-state index in [-0.39, 0.29) is 0 Å². The standard InChI is InChI=1S/C25H21F4NS/c26-21-20(22(27)24(29)25(23(21)28)30-14-31)12-7-15-3-8-18(9-4-15)19-10-5-17(6-11-19)13-16-1-2-16/h3-4,8-9,16-17,19H,1-2,5-6,10-11,13H2. The van der Waals surface area contributed by atoms with Crippen LogP contribution in [0.15, 0.2) is 29.3 Å². The molecule has 2 aliphatic carbocycles. The lowest BCUT2D eigenvalue weighted by molar-refractivity contribution is 0.299. The lowest BCUT2D eigenvalue weighted by Crippen LogP contribution is -2.13. The number of hydrogen-bond donors (Lipinski definition) is 0. The second-order valence-electron chi connectivity index (χ2n) is 8.45. The molecule has 2 fully saturated rings. The maximum absolute atomic E-state index is 14.1. The summed E-state index contributed by atoms with van der Waals surface area (Å²) in [4.78, 5) is 3.05. The summed E-state index contributed by atoms with van der Waals surface area (Å²) in [6.07, 6.45) is 9.07. The zero-order valence-electron chi connectivity index (χ0n) is 16.9. The molecule has 2 aromatic rings. The van der Waals surface area contributed by atoms with Crippen molar-refractivity contribution >= 4 is 23.1 Å². The molecule has 0 saturated heterocycles. The number of nitrogens with zero attached hydrogens (tertiary/aromatic N) is 1. The maximum Gasteiger partial charge on any atom is 0.189 e. The van der Waals surface area contributed by atoms with E-state index in [9.17, 15) is 17.6 Å². The molecule has 160 valence electrons. The van der Waals surface area contributed by atoms with Crippen molar-refractivity contribution in [3.8, 4) is 11.8 Å². The predicted octanol–water partition coefficient (Wildman–Crippen LogP) is 7.45. The van der Waals surface area contributed by atoms with Gasteiger partial charge in [-0.15, -0.1) is 0 Å². The number of benzene rings is 2. The average Bonchev–Trinajstić information content (AvgIpc) is 3.60. The second kappa shape index (κ2) is 9.34. The Morgan fingerprint density at radius 2 is 1.32 bits per heavy atom. The zero-order valence-corrected chi connectivity index (χ0v) is 17.7. The summed E-state index contributed by atoms with van der Waals surface area (Å²) < 4.78 is 56.2. The highest BCUT2D eigenvalue weighted by molar-refractivity contribution is 7.78. The van der Waals surface area contributed by atoms with Gasteiger partial charge in [0.05, 0.1) is 5.16 Å². The Hall–Kier alpha value is -2.48. The van der Waals surface area contributed by atoms with E-state index in [1.165, 1.54) is 50.5 Å². The van der Waals surface area contributed by atoms with Gasteiger partial charge in [0.25, 0.3) is 0 Å². The van der Waals surface area contributed by atoms with Gasteiger partial charge in [0.2, 0.25) is 0 Å². The van der Waals surface area contributed by atoms with Crippen molar-refractivity contribution in [2.45, 2.75) is 50.9 Å². The fraction of sp³-hybridized carbons (Fsp3) is 0.400. The lowest BCUT2D eigenvalue weighted by atomic mass is 9.77. The predicted molar refractivity (Wildman–Crippen MR) is 115 cm³/mol. The van der Waals surface area contributed by atoms with E-state index in [2.05, 4.69) is 29.1 Å².